The van der Waals surface area contributed by atoms with Crippen LogP contribution >= 0.6 is 0 Å². The van der Waals surface area contributed by atoms with Gasteiger partial charge in [0, 0.05) is 26.6 Å². The Bertz CT molecular complexity index is 326. The maximum absolute atomic E-state index is 12.4. The highest BCUT2D eigenvalue weighted by Gasteiger charge is 2.42. The number of hydrogen-bond acceptors (Lipinski definition) is 3. The van der Waals surface area contributed by atoms with E-state index >= 15 is 0 Å². The number of ether oxygens (including phenoxy) is 1. The predicted molar refractivity (Wildman–Crippen MR) is 62.4 cm³/mol. The highest BCUT2D eigenvalue weighted by Crippen LogP contribution is 2.23. The van der Waals surface area contributed by atoms with E-state index in [1.807, 2.05) is 4.90 Å². The number of rotatable bonds is 1. The minimum Gasteiger partial charge on any atom is -0.362 e. The van der Waals surface area contributed by atoms with Gasteiger partial charge in [0.15, 0.2) is 5.60 Å². The lowest BCUT2D eigenvalue weighted by Crippen LogP contribution is -2.59. The van der Waals surface area contributed by atoms with E-state index in [4.69, 9.17) is 4.74 Å². The number of likely N-dealkylation sites (tertiary alicyclic amines) is 1. The zero-order valence-corrected chi connectivity index (χ0v) is 10.6. The Morgan fingerprint density at radius 1 is 1.12 bits per heavy atom. The fraction of sp³-hybridized carbons (Fsp3) is 0.833. The van der Waals surface area contributed by atoms with Crippen molar-refractivity contribution in [2.45, 2.75) is 32.3 Å². The van der Waals surface area contributed by atoms with Gasteiger partial charge in [0.05, 0.1) is 13.2 Å². The largest absolute Gasteiger partial charge is 0.362 e. The van der Waals surface area contributed by atoms with Crippen LogP contribution in [0.4, 0.5) is 0 Å². The van der Waals surface area contributed by atoms with Crippen molar-refractivity contribution in [2.75, 3.05) is 32.8 Å². The van der Waals surface area contributed by atoms with Gasteiger partial charge < -0.3 is 14.5 Å². The van der Waals surface area contributed by atoms with E-state index in [0.29, 0.717) is 19.7 Å². The van der Waals surface area contributed by atoms with E-state index in [0.717, 1.165) is 25.9 Å². The van der Waals surface area contributed by atoms with Crippen LogP contribution in [0.1, 0.15) is 26.7 Å². The molecule has 0 radical (unpaired) electrons. The number of nitrogens with zero attached hydrogens (tertiary/aromatic N) is 2. The molecule has 2 amide bonds. The maximum atomic E-state index is 12.4. The number of carbonyl (C=O) groups excluding carboxylic acids is 2. The smallest absolute Gasteiger partial charge is 0.256 e. The van der Waals surface area contributed by atoms with E-state index in [9.17, 15) is 9.59 Å². The average Bonchev–Trinajstić information content (AvgIpc) is 2.81. The van der Waals surface area contributed by atoms with Gasteiger partial charge in [0.2, 0.25) is 5.91 Å². The van der Waals surface area contributed by atoms with Crippen molar-refractivity contribution >= 4 is 11.8 Å². The molecule has 0 aromatic carbocycles. The summed E-state index contributed by atoms with van der Waals surface area (Å²) >= 11 is 0. The zero-order chi connectivity index (χ0) is 12.5. The van der Waals surface area contributed by atoms with E-state index in [-0.39, 0.29) is 11.8 Å². The van der Waals surface area contributed by atoms with Gasteiger partial charge in [-0.1, -0.05) is 0 Å². The Labute approximate surface area is 102 Å². The molecule has 2 fully saturated rings. The van der Waals surface area contributed by atoms with Crippen LogP contribution in [-0.4, -0.2) is 60.0 Å². The van der Waals surface area contributed by atoms with Crippen molar-refractivity contribution in [3.05, 3.63) is 0 Å². The first-order valence-corrected chi connectivity index (χ1v) is 6.22. The Morgan fingerprint density at radius 2 is 1.76 bits per heavy atom. The lowest BCUT2D eigenvalue weighted by molar-refractivity contribution is -0.169. The van der Waals surface area contributed by atoms with Crippen LogP contribution in [0.15, 0.2) is 0 Å². The monoisotopic (exact) mass is 240 g/mol. The molecule has 1 atom stereocenters. The van der Waals surface area contributed by atoms with Gasteiger partial charge in [-0.2, -0.15) is 0 Å². The van der Waals surface area contributed by atoms with Crippen LogP contribution in [0, 0.1) is 0 Å². The maximum Gasteiger partial charge on any atom is 0.256 e. The van der Waals surface area contributed by atoms with Crippen molar-refractivity contribution < 1.29 is 14.3 Å². The summed E-state index contributed by atoms with van der Waals surface area (Å²) in [4.78, 5) is 27.3. The van der Waals surface area contributed by atoms with E-state index in [1.54, 1.807) is 11.8 Å². The van der Waals surface area contributed by atoms with Gasteiger partial charge in [-0.3, -0.25) is 9.59 Å². The van der Waals surface area contributed by atoms with Crippen molar-refractivity contribution in [3.8, 4) is 0 Å². The van der Waals surface area contributed by atoms with Gasteiger partial charge in [-0.05, 0) is 19.8 Å². The zero-order valence-electron chi connectivity index (χ0n) is 10.6. The number of amides is 2. The third-order valence-corrected chi connectivity index (χ3v) is 3.57. The standard InChI is InChI=1S/C12H20N2O3/c1-10(15)14-7-8-17-12(2,9-14)11(16)13-5-3-4-6-13/h3-9H2,1-2H3. The molecule has 0 aliphatic carbocycles. The first kappa shape index (κ1) is 12.4. The number of morpholine rings is 1. The molecule has 2 aliphatic heterocycles. The van der Waals surface area contributed by atoms with Crippen LogP contribution < -0.4 is 0 Å². The summed E-state index contributed by atoms with van der Waals surface area (Å²) in [5, 5.41) is 0. The molecule has 96 valence electrons. The van der Waals surface area contributed by atoms with Crippen LogP contribution in [0.3, 0.4) is 0 Å². The average molecular weight is 240 g/mol. The molecule has 0 aromatic heterocycles. The molecule has 5 nitrogen and oxygen atoms in total. The summed E-state index contributed by atoms with van der Waals surface area (Å²) in [6.45, 7) is 6.36. The molecule has 0 saturated carbocycles. The molecular weight excluding hydrogens is 220 g/mol. The second-order valence-corrected chi connectivity index (χ2v) is 5.02. The van der Waals surface area contributed by atoms with Crippen LogP contribution in [0.5, 0.6) is 0 Å². The second-order valence-electron chi connectivity index (χ2n) is 5.02. The number of hydrogen-bond donors (Lipinski definition) is 0. The first-order chi connectivity index (χ1) is 8.03. The number of carbonyl (C=O) groups is 2. The van der Waals surface area contributed by atoms with Gasteiger partial charge in [-0.15, -0.1) is 0 Å². The first-order valence-electron chi connectivity index (χ1n) is 6.22. The molecular formula is C12H20N2O3. The highest BCUT2D eigenvalue weighted by atomic mass is 16.5. The van der Waals surface area contributed by atoms with Crippen LogP contribution in [0.2, 0.25) is 0 Å². The topological polar surface area (TPSA) is 49.9 Å². The van der Waals surface area contributed by atoms with Crippen molar-refractivity contribution in [1.82, 2.24) is 9.80 Å². The third-order valence-electron chi connectivity index (χ3n) is 3.57. The Balaban J connectivity index is 2.06. The normalized spacial score (nSPS) is 29.5. The molecule has 5 heteroatoms. The Kier molecular flexibility index (Phi) is 3.38. The molecule has 2 aliphatic rings. The summed E-state index contributed by atoms with van der Waals surface area (Å²) < 4.78 is 5.63. The summed E-state index contributed by atoms with van der Waals surface area (Å²) in [6.07, 6.45) is 2.14. The minimum atomic E-state index is -0.853. The molecule has 2 rings (SSSR count). The van der Waals surface area contributed by atoms with Gasteiger partial charge in [0.1, 0.15) is 0 Å². The third kappa shape index (κ3) is 2.44. The molecule has 0 aromatic rings. The van der Waals surface area contributed by atoms with Crippen molar-refractivity contribution in [1.29, 1.82) is 0 Å². The van der Waals surface area contributed by atoms with Gasteiger partial charge in [-0.25, -0.2) is 0 Å². The molecule has 0 bridgehead atoms. The van der Waals surface area contributed by atoms with Crippen LogP contribution in [0.25, 0.3) is 0 Å². The summed E-state index contributed by atoms with van der Waals surface area (Å²) in [7, 11) is 0. The fourth-order valence-corrected chi connectivity index (χ4v) is 2.52. The molecule has 2 heterocycles. The van der Waals surface area contributed by atoms with E-state index in [1.165, 1.54) is 6.92 Å². The fourth-order valence-electron chi connectivity index (χ4n) is 2.52. The van der Waals surface area contributed by atoms with E-state index in [2.05, 4.69) is 0 Å². The molecule has 17 heavy (non-hydrogen) atoms. The Morgan fingerprint density at radius 3 is 2.35 bits per heavy atom. The van der Waals surface area contributed by atoms with Crippen molar-refractivity contribution in [3.63, 3.8) is 0 Å². The lowest BCUT2D eigenvalue weighted by Gasteiger charge is -2.40. The van der Waals surface area contributed by atoms with Crippen LogP contribution in [-0.2, 0) is 14.3 Å². The van der Waals surface area contributed by atoms with Crippen molar-refractivity contribution in [2.24, 2.45) is 0 Å². The van der Waals surface area contributed by atoms with Gasteiger partial charge in [0.25, 0.3) is 5.91 Å². The summed E-state index contributed by atoms with van der Waals surface area (Å²) in [6, 6.07) is 0. The van der Waals surface area contributed by atoms with Gasteiger partial charge >= 0.3 is 0 Å². The SMILES string of the molecule is CC(=O)N1CCOC(C)(C(=O)N2CCCC2)C1. The minimum absolute atomic E-state index is 0.00810. The Hall–Kier alpha value is -1.10. The predicted octanol–water partition coefficient (Wildman–Crippen LogP) is 0.246. The summed E-state index contributed by atoms with van der Waals surface area (Å²) in [5.41, 5.74) is -0.853. The second kappa shape index (κ2) is 4.64. The molecule has 0 N–H and O–H groups in total. The van der Waals surface area contributed by atoms with E-state index < -0.39 is 5.60 Å². The quantitative estimate of drug-likeness (QED) is 0.660. The summed E-state index contributed by atoms with van der Waals surface area (Å²) in [5.74, 6) is 0.0368. The molecule has 2 saturated heterocycles. The highest BCUT2D eigenvalue weighted by molar-refractivity contribution is 5.86. The lowest BCUT2D eigenvalue weighted by atomic mass is 10.0. The molecule has 0 spiro atoms. The molecule has 1 unspecified atom stereocenters.